The van der Waals surface area contributed by atoms with Crippen molar-refractivity contribution in [3.63, 3.8) is 0 Å². The summed E-state index contributed by atoms with van der Waals surface area (Å²) in [6.07, 6.45) is 0.350. The lowest BCUT2D eigenvalue weighted by atomic mass is 9.90. The molecule has 3 aliphatic heterocycles. The van der Waals surface area contributed by atoms with Crippen molar-refractivity contribution in [3.05, 3.63) is 33.8 Å². The van der Waals surface area contributed by atoms with Gasteiger partial charge in [0.05, 0.1) is 38.5 Å². The largest absolute Gasteiger partial charge is 0.444 e. The maximum absolute atomic E-state index is 13.3. The van der Waals surface area contributed by atoms with Crippen molar-refractivity contribution in [2.24, 2.45) is 0 Å². The number of amides is 3. The number of urea groups is 1. The molecule has 1 aromatic rings. The Morgan fingerprint density at radius 3 is 2.45 bits per heavy atom. The highest BCUT2D eigenvalue weighted by molar-refractivity contribution is 6.30. The van der Waals surface area contributed by atoms with Gasteiger partial charge in [-0.05, 0) is 62.9 Å². The van der Waals surface area contributed by atoms with Crippen LogP contribution in [0.3, 0.4) is 0 Å². The maximum Gasteiger partial charge on any atom is 0.410 e. The monoisotopic (exact) mass is 479 g/mol. The fourth-order valence-corrected chi connectivity index (χ4v) is 4.96. The molecule has 2 saturated heterocycles. The van der Waals surface area contributed by atoms with Crippen LogP contribution >= 0.6 is 11.6 Å². The number of morpholine rings is 2. The zero-order valence-electron chi connectivity index (χ0n) is 19.9. The predicted octanol–water partition coefficient (Wildman–Crippen LogP) is 3.85. The van der Waals surface area contributed by atoms with Crippen LogP contribution in [0.25, 0.3) is 0 Å². The second-order valence-corrected chi connectivity index (χ2v) is 10.4. The van der Waals surface area contributed by atoms with Crippen molar-refractivity contribution in [1.82, 2.24) is 14.7 Å². The van der Waals surface area contributed by atoms with Gasteiger partial charge < -0.3 is 24.0 Å². The van der Waals surface area contributed by atoms with Gasteiger partial charge >= 0.3 is 12.1 Å². The molecule has 0 N–H and O–H groups in total. The van der Waals surface area contributed by atoms with E-state index in [9.17, 15) is 9.59 Å². The molecule has 0 spiro atoms. The van der Waals surface area contributed by atoms with Crippen molar-refractivity contribution >= 4 is 23.7 Å². The Kier molecular flexibility index (Phi) is 7.07. The summed E-state index contributed by atoms with van der Waals surface area (Å²) in [7, 11) is 0. The Morgan fingerprint density at radius 2 is 1.76 bits per heavy atom. The Bertz CT molecular complexity index is 903. The lowest BCUT2D eigenvalue weighted by molar-refractivity contribution is -0.0335. The molecule has 3 aliphatic rings. The second-order valence-electron chi connectivity index (χ2n) is 9.97. The van der Waals surface area contributed by atoms with E-state index in [0.29, 0.717) is 64.1 Å². The van der Waals surface area contributed by atoms with Crippen LogP contribution in [-0.4, -0.2) is 84.5 Å². The van der Waals surface area contributed by atoms with E-state index >= 15 is 0 Å². The maximum atomic E-state index is 13.3. The highest BCUT2D eigenvalue weighted by Crippen LogP contribution is 2.35. The van der Waals surface area contributed by atoms with Gasteiger partial charge in [0.25, 0.3) is 0 Å². The molecule has 1 aromatic carbocycles. The first-order chi connectivity index (χ1) is 15.6. The summed E-state index contributed by atoms with van der Waals surface area (Å²) in [4.78, 5) is 31.8. The molecule has 2 fully saturated rings. The molecule has 33 heavy (non-hydrogen) atoms. The summed E-state index contributed by atoms with van der Waals surface area (Å²) in [6.45, 7) is 11.7. The predicted molar refractivity (Wildman–Crippen MR) is 124 cm³/mol. The van der Waals surface area contributed by atoms with Gasteiger partial charge in [0, 0.05) is 31.2 Å². The number of fused-ring (bicyclic) bond motifs is 1. The summed E-state index contributed by atoms with van der Waals surface area (Å²) in [5.41, 5.74) is 2.50. The molecule has 0 unspecified atom stereocenters. The van der Waals surface area contributed by atoms with E-state index in [2.05, 4.69) is 0 Å². The Balaban J connectivity index is 1.62. The molecule has 0 saturated carbocycles. The molecule has 8 nitrogen and oxygen atoms in total. The van der Waals surface area contributed by atoms with Gasteiger partial charge in [-0.2, -0.15) is 0 Å². The molecule has 2 atom stereocenters. The van der Waals surface area contributed by atoms with Crippen LogP contribution in [0.15, 0.2) is 12.1 Å². The minimum atomic E-state index is -0.592. The molecular weight excluding hydrogens is 446 g/mol. The van der Waals surface area contributed by atoms with Crippen molar-refractivity contribution in [3.8, 4) is 0 Å². The topological polar surface area (TPSA) is 71.6 Å². The average molecular weight is 480 g/mol. The summed E-state index contributed by atoms with van der Waals surface area (Å²) >= 11 is 6.50. The smallest absolute Gasteiger partial charge is 0.410 e. The number of rotatable bonds is 1. The van der Waals surface area contributed by atoms with Crippen LogP contribution in [0.1, 0.15) is 50.4 Å². The van der Waals surface area contributed by atoms with E-state index in [0.717, 1.165) is 16.7 Å². The summed E-state index contributed by atoms with van der Waals surface area (Å²) in [5, 5.41) is 0.625. The summed E-state index contributed by atoms with van der Waals surface area (Å²) < 4.78 is 16.9. The first kappa shape index (κ1) is 24.1. The fourth-order valence-electron chi connectivity index (χ4n) is 4.71. The van der Waals surface area contributed by atoms with Gasteiger partial charge in [0.2, 0.25) is 0 Å². The first-order valence-electron chi connectivity index (χ1n) is 11.7. The molecule has 3 amide bonds. The van der Waals surface area contributed by atoms with Crippen molar-refractivity contribution < 1.29 is 23.8 Å². The normalized spacial score (nSPS) is 23.8. The molecule has 0 bridgehead atoms. The van der Waals surface area contributed by atoms with E-state index in [4.69, 9.17) is 25.8 Å². The minimum Gasteiger partial charge on any atom is -0.444 e. The van der Waals surface area contributed by atoms with Crippen molar-refractivity contribution in [2.75, 3.05) is 46.1 Å². The number of hydrogen-bond acceptors (Lipinski definition) is 5. The zero-order valence-corrected chi connectivity index (χ0v) is 20.7. The molecule has 9 heteroatoms. The Hall–Kier alpha value is -2.03. The van der Waals surface area contributed by atoms with Crippen LogP contribution in [0, 0.1) is 0 Å². The standard InChI is InChI=1S/C24H34ClN3O5/c1-16-14-31-9-7-27(16)22(29)26-6-5-17-11-18(25)12-19(20(17)13-26)21-15-32-10-8-28(21)23(30)33-24(2,3)4/h11-12,16,21H,5-10,13-15H2,1-4H3/t16-,21+/m1/s1. The third kappa shape index (κ3) is 5.39. The van der Waals surface area contributed by atoms with E-state index in [1.54, 1.807) is 4.90 Å². The average Bonchev–Trinajstić information content (AvgIpc) is 2.77. The first-order valence-corrected chi connectivity index (χ1v) is 12.0. The summed E-state index contributed by atoms with van der Waals surface area (Å²) in [5.74, 6) is 0. The van der Waals surface area contributed by atoms with Crippen LogP contribution in [0.4, 0.5) is 9.59 Å². The number of benzene rings is 1. The molecule has 4 rings (SSSR count). The number of carbonyl (C=O) groups is 2. The number of nitrogens with zero attached hydrogens (tertiary/aromatic N) is 3. The van der Waals surface area contributed by atoms with Gasteiger partial charge in [0.1, 0.15) is 5.60 Å². The fraction of sp³-hybridized carbons (Fsp3) is 0.667. The van der Waals surface area contributed by atoms with E-state index in [1.807, 2.05) is 49.6 Å². The third-order valence-corrected chi connectivity index (χ3v) is 6.56. The number of hydrogen-bond donors (Lipinski definition) is 0. The van der Waals surface area contributed by atoms with Gasteiger partial charge in [-0.3, -0.25) is 4.90 Å². The molecule has 182 valence electrons. The van der Waals surface area contributed by atoms with Crippen molar-refractivity contribution in [1.29, 1.82) is 0 Å². The summed E-state index contributed by atoms with van der Waals surface area (Å²) in [6, 6.07) is 3.63. The quantitative estimate of drug-likeness (QED) is 0.611. The molecule has 3 heterocycles. The van der Waals surface area contributed by atoms with Gasteiger partial charge in [-0.1, -0.05) is 11.6 Å². The SMILES string of the molecule is C[C@@H]1COCCN1C(=O)N1CCc2cc(Cl)cc([C@@H]3COCCN3C(=O)OC(C)(C)C)c2C1. The van der Waals surface area contributed by atoms with Gasteiger partial charge in [-0.15, -0.1) is 0 Å². The van der Waals surface area contributed by atoms with Gasteiger partial charge in [-0.25, -0.2) is 9.59 Å². The van der Waals surface area contributed by atoms with Gasteiger partial charge in [0.15, 0.2) is 0 Å². The highest BCUT2D eigenvalue weighted by Gasteiger charge is 2.36. The number of carbonyl (C=O) groups excluding carboxylic acids is 2. The zero-order chi connectivity index (χ0) is 23.8. The lowest BCUT2D eigenvalue weighted by Crippen LogP contribution is -2.53. The molecule has 0 radical (unpaired) electrons. The molecule has 0 aromatic heterocycles. The number of ether oxygens (including phenoxy) is 3. The minimum absolute atomic E-state index is 0.0289. The number of halogens is 1. The highest BCUT2D eigenvalue weighted by atomic mass is 35.5. The van der Waals surface area contributed by atoms with Crippen LogP contribution in [-0.2, 0) is 27.2 Å². The lowest BCUT2D eigenvalue weighted by Gasteiger charge is -2.41. The van der Waals surface area contributed by atoms with E-state index < -0.39 is 5.60 Å². The van der Waals surface area contributed by atoms with E-state index in [1.165, 1.54) is 0 Å². The van der Waals surface area contributed by atoms with Crippen LogP contribution in [0.2, 0.25) is 5.02 Å². The molecular formula is C24H34ClN3O5. The van der Waals surface area contributed by atoms with E-state index in [-0.39, 0.29) is 24.2 Å². The second kappa shape index (κ2) is 9.68. The Labute approximate surface area is 200 Å². The van der Waals surface area contributed by atoms with Crippen molar-refractivity contribution in [2.45, 2.75) is 58.3 Å². The van der Waals surface area contributed by atoms with Crippen LogP contribution < -0.4 is 0 Å². The van der Waals surface area contributed by atoms with Crippen LogP contribution in [0.5, 0.6) is 0 Å². The molecule has 0 aliphatic carbocycles. The Morgan fingerprint density at radius 1 is 1.06 bits per heavy atom. The third-order valence-electron chi connectivity index (χ3n) is 6.34.